The van der Waals surface area contributed by atoms with Gasteiger partial charge in [-0.1, -0.05) is 60.7 Å². The van der Waals surface area contributed by atoms with Gasteiger partial charge in [0.2, 0.25) is 0 Å². The number of amides is 1. The summed E-state index contributed by atoms with van der Waals surface area (Å²) in [6, 6.07) is 18.6. The van der Waals surface area contributed by atoms with Gasteiger partial charge in [-0.2, -0.15) is 0 Å². The fourth-order valence-corrected chi connectivity index (χ4v) is 2.22. The summed E-state index contributed by atoms with van der Waals surface area (Å²) in [6.07, 6.45) is -0.608. The molecule has 0 aliphatic rings. The van der Waals surface area contributed by atoms with Crippen molar-refractivity contribution in [2.75, 3.05) is 6.54 Å². The third-order valence-corrected chi connectivity index (χ3v) is 3.40. The van der Waals surface area contributed by atoms with Gasteiger partial charge < -0.3 is 15.2 Å². The van der Waals surface area contributed by atoms with E-state index >= 15 is 0 Å². The van der Waals surface area contributed by atoms with E-state index in [1.807, 2.05) is 60.7 Å². The number of ether oxygens (including phenoxy) is 1. The summed E-state index contributed by atoms with van der Waals surface area (Å²) in [4.78, 5) is 22.8. The Hall–Kier alpha value is -2.82. The molecule has 2 aromatic carbocycles. The van der Waals surface area contributed by atoms with Gasteiger partial charge in [-0.05, 0) is 11.1 Å². The minimum absolute atomic E-state index is 0.0526. The molecule has 0 spiro atoms. The van der Waals surface area contributed by atoms with Gasteiger partial charge in [-0.15, -0.1) is 0 Å². The number of hydrogen-bond donors (Lipinski definition) is 2. The molecule has 2 aromatic rings. The van der Waals surface area contributed by atoms with E-state index in [2.05, 4.69) is 5.32 Å². The molecule has 0 radical (unpaired) electrons. The van der Waals surface area contributed by atoms with Crippen LogP contribution in [0.15, 0.2) is 60.7 Å². The molecule has 0 bridgehead atoms. The molecule has 1 amide bonds. The second-order valence-corrected chi connectivity index (χ2v) is 5.15. The first kappa shape index (κ1) is 16.5. The average Bonchev–Trinajstić information content (AvgIpc) is 2.58. The Bertz CT molecular complexity index is 628. The van der Waals surface area contributed by atoms with Crippen molar-refractivity contribution in [3.05, 3.63) is 71.8 Å². The molecule has 0 saturated heterocycles. The first-order valence-corrected chi connectivity index (χ1v) is 7.36. The summed E-state index contributed by atoms with van der Waals surface area (Å²) < 4.78 is 5.12. The number of carbonyl (C=O) groups excluding carboxylic acids is 1. The van der Waals surface area contributed by atoms with Crippen LogP contribution in [-0.2, 0) is 16.1 Å². The first-order valence-electron chi connectivity index (χ1n) is 7.36. The maximum absolute atomic E-state index is 11.8. The van der Waals surface area contributed by atoms with Crippen LogP contribution in [0.5, 0.6) is 0 Å². The van der Waals surface area contributed by atoms with Crippen molar-refractivity contribution >= 4 is 12.1 Å². The van der Waals surface area contributed by atoms with Crippen LogP contribution in [0.4, 0.5) is 4.79 Å². The number of rotatable bonds is 7. The Kier molecular flexibility index (Phi) is 6.17. The van der Waals surface area contributed by atoms with Crippen LogP contribution in [0, 0.1) is 0 Å². The molecule has 1 atom stereocenters. The summed E-state index contributed by atoms with van der Waals surface area (Å²) in [6.45, 7) is 0.394. The summed E-state index contributed by atoms with van der Waals surface area (Å²) in [5, 5.41) is 11.7. The van der Waals surface area contributed by atoms with Gasteiger partial charge in [0.25, 0.3) is 0 Å². The van der Waals surface area contributed by atoms with Crippen molar-refractivity contribution in [1.29, 1.82) is 0 Å². The van der Waals surface area contributed by atoms with Crippen LogP contribution in [-0.4, -0.2) is 23.7 Å². The zero-order chi connectivity index (χ0) is 16.5. The van der Waals surface area contributed by atoms with Crippen molar-refractivity contribution in [1.82, 2.24) is 5.32 Å². The molecule has 0 saturated carbocycles. The van der Waals surface area contributed by atoms with E-state index in [1.165, 1.54) is 0 Å². The second kappa shape index (κ2) is 8.58. The molecule has 0 aliphatic heterocycles. The fourth-order valence-electron chi connectivity index (χ4n) is 2.22. The van der Waals surface area contributed by atoms with Crippen molar-refractivity contribution in [2.45, 2.75) is 18.9 Å². The van der Waals surface area contributed by atoms with E-state index < -0.39 is 12.1 Å². The van der Waals surface area contributed by atoms with E-state index in [4.69, 9.17) is 9.84 Å². The smallest absolute Gasteiger partial charge is 0.407 e. The van der Waals surface area contributed by atoms with E-state index in [0.717, 1.165) is 11.1 Å². The molecule has 0 unspecified atom stereocenters. The van der Waals surface area contributed by atoms with E-state index in [-0.39, 0.29) is 25.5 Å². The maximum atomic E-state index is 11.8. The molecule has 5 nitrogen and oxygen atoms in total. The summed E-state index contributed by atoms with van der Waals surface area (Å²) in [5.74, 6) is -1.20. The second-order valence-electron chi connectivity index (χ2n) is 5.15. The molecule has 0 aliphatic carbocycles. The molecule has 0 fully saturated rings. The zero-order valence-corrected chi connectivity index (χ0v) is 12.6. The number of benzene rings is 2. The molecule has 23 heavy (non-hydrogen) atoms. The number of carboxylic acid groups (broad SMARTS) is 1. The SMILES string of the molecule is O=C(O)C[C@@H](CNC(=O)OCc1ccccc1)c1ccccc1. The Morgan fingerprint density at radius 1 is 1.00 bits per heavy atom. The van der Waals surface area contributed by atoms with Crippen LogP contribution < -0.4 is 5.32 Å². The largest absolute Gasteiger partial charge is 0.481 e. The average molecular weight is 313 g/mol. The Balaban J connectivity index is 1.85. The number of alkyl carbamates (subject to hydrolysis) is 1. The van der Waals surface area contributed by atoms with Gasteiger partial charge in [0, 0.05) is 12.5 Å². The van der Waals surface area contributed by atoms with E-state index in [9.17, 15) is 9.59 Å². The van der Waals surface area contributed by atoms with Gasteiger partial charge in [0.15, 0.2) is 0 Å². The van der Waals surface area contributed by atoms with Crippen LogP contribution in [0.3, 0.4) is 0 Å². The number of carboxylic acids is 1. The first-order chi connectivity index (χ1) is 11.1. The monoisotopic (exact) mass is 313 g/mol. The molecule has 2 N–H and O–H groups in total. The molecular formula is C18H19NO4. The third-order valence-electron chi connectivity index (χ3n) is 3.40. The van der Waals surface area contributed by atoms with Gasteiger partial charge in [-0.3, -0.25) is 4.79 Å². The third kappa shape index (κ3) is 5.82. The topological polar surface area (TPSA) is 75.6 Å². The van der Waals surface area contributed by atoms with Crippen LogP contribution in [0.1, 0.15) is 23.5 Å². The number of nitrogens with one attached hydrogen (secondary N) is 1. The molecule has 120 valence electrons. The standard InChI is InChI=1S/C18H19NO4/c20-17(21)11-16(15-9-5-2-6-10-15)12-19-18(22)23-13-14-7-3-1-4-8-14/h1-10,16H,11-13H2,(H,19,22)(H,20,21)/t16-/m0/s1. The lowest BCUT2D eigenvalue weighted by molar-refractivity contribution is -0.137. The van der Waals surface area contributed by atoms with Crippen LogP contribution >= 0.6 is 0 Å². The van der Waals surface area contributed by atoms with Crippen LogP contribution in [0.2, 0.25) is 0 Å². The predicted molar refractivity (Wildman–Crippen MR) is 86.1 cm³/mol. The Labute approximate surface area is 134 Å². The Morgan fingerprint density at radius 3 is 2.22 bits per heavy atom. The normalized spacial score (nSPS) is 11.5. The highest BCUT2D eigenvalue weighted by molar-refractivity contribution is 5.69. The van der Waals surface area contributed by atoms with Gasteiger partial charge in [0.05, 0.1) is 6.42 Å². The van der Waals surface area contributed by atoms with Gasteiger partial charge in [-0.25, -0.2) is 4.79 Å². The van der Waals surface area contributed by atoms with Crippen molar-refractivity contribution in [3.8, 4) is 0 Å². The Morgan fingerprint density at radius 2 is 1.61 bits per heavy atom. The fraction of sp³-hybridized carbons (Fsp3) is 0.222. The molecular weight excluding hydrogens is 294 g/mol. The van der Waals surface area contributed by atoms with Crippen molar-refractivity contribution < 1.29 is 19.4 Å². The van der Waals surface area contributed by atoms with Crippen molar-refractivity contribution in [2.24, 2.45) is 0 Å². The molecule has 5 heteroatoms. The molecule has 2 rings (SSSR count). The highest BCUT2D eigenvalue weighted by atomic mass is 16.5. The summed E-state index contributed by atoms with van der Waals surface area (Å²) >= 11 is 0. The summed E-state index contributed by atoms with van der Waals surface area (Å²) in [7, 11) is 0. The van der Waals surface area contributed by atoms with E-state index in [1.54, 1.807) is 0 Å². The van der Waals surface area contributed by atoms with Crippen LogP contribution in [0.25, 0.3) is 0 Å². The minimum Gasteiger partial charge on any atom is -0.481 e. The maximum Gasteiger partial charge on any atom is 0.407 e. The highest BCUT2D eigenvalue weighted by Crippen LogP contribution is 2.18. The lowest BCUT2D eigenvalue weighted by Gasteiger charge is -2.16. The van der Waals surface area contributed by atoms with E-state index in [0.29, 0.717) is 0 Å². The molecule has 0 heterocycles. The minimum atomic E-state index is -0.904. The van der Waals surface area contributed by atoms with Gasteiger partial charge >= 0.3 is 12.1 Å². The number of hydrogen-bond acceptors (Lipinski definition) is 3. The van der Waals surface area contributed by atoms with Gasteiger partial charge in [0.1, 0.15) is 6.61 Å². The van der Waals surface area contributed by atoms with Crippen molar-refractivity contribution in [3.63, 3.8) is 0 Å². The molecule has 0 aromatic heterocycles. The lowest BCUT2D eigenvalue weighted by atomic mass is 9.96. The predicted octanol–water partition coefficient (Wildman–Crippen LogP) is 3.17. The lowest BCUT2D eigenvalue weighted by Crippen LogP contribution is -2.29. The number of aliphatic carboxylic acids is 1. The highest BCUT2D eigenvalue weighted by Gasteiger charge is 2.16. The summed E-state index contributed by atoms with van der Waals surface area (Å²) in [5.41, 5.74) is 1.77. The number of carbonyl (C=O) groups is 2. The zero-order valence-electron chi connectivity index (χ0n) is 12.6. The quantitative estimate of drug-likeness (QED) is 0.823.